The van der Waals surface area contributed by atoms with Gasteiger partial charge in [0.2, 0.25) is 15.3 Å². The smallest absolute Gasteiger partial charge is 0.238 e. The van der Waals surface area contributed by atoms with Crippen molar-refractivity contribution in [2.45, 2.75) is 5.75 Å². The minimum Gasteiger partial charge on any atom is -0.503 e. The zero-order valence-corrected chi connectivity index (χ0v) is 13.1. The summed E-state index contributed by atoms with van der Waals surface area (Å²) in [6, 6.07) is 6.17. The summed E-state index contributed by atoms with van der Waals surface area (Å²) < 4.78 is 26.3. The number of aromatic hydroxyl groups is 1. The van der Waals surface area contributed by atoms with E-state index in [4.69, 9.17) is 28.5 Å². The molecule has 0 fully saturated rings. The lowest BCUT2D eigenvalue weighted by Gasteiger charge is -2.09. The van der Waals surface area contributed by atoms with Gasteiger partial charge in [-0.15, -0.1) is 0 Å². The Morgan fingerprint density at radius 2 is 2.09 bits per heavy atom. The maximum absolute atomic E-state index is 12.1. The van der Waals surface area contributed by atoms with Crippen LogP contribution in [0.3, 0.4) is 0 Å². The van der Waals surface area contributed by atoms with Crippen molar-refractivity contribution in [1.82, 2.24) is 9.97 Å². The summed E-state index contributed by atoms with van der Waals surface area (Å²) in [5, 5.41) is 18.3. The van der Waals surface area contributed by atoms with Gasteiger partial charge in [0, 0.05) is 5.02 Å². The third kappa shape index (κ3) is 3.98. The number of nitriles is 1. The molecule has 0 unspecified atom stereocenters. The quantitative estimate of drug-likeness (QED) is 0.810. The zero-order valence-electron chi connectivity index (χ0n) is 10.8. The van der Waals surface area contributed by atoms with E-state index in [1.807, 2.05) is 6.07 Å². The van der Waals surface area contributed by atoms with Crippen LogP contribution in [0, 0.1) is 11.3 Å². The fourth-order valence-electron chi connectivity index (χ4n) is 1.57. The van der Waals surface area contributed by atoms with E-state index in [2.05, 4.69) is 14.7 Å². The molecule has 2 rings (SSSR count). The molecule has 0 saturated carbocycles. The Morgan fingerprint density at radius 3 is 2.77 bits per heavy atom. The number of aromatic nitrogens is 2. The van der Waals surface area contributed by atoms with Crippen LogP contribution in [0.5, 0.6) is 5.75 Å². The second-order valence-corrected chi connectivity index (χ2v) is 6.62. The van der Waals surface area contributed by atoms with Crippen LogP contribution in [0.4, 0.5) is 5.82 Å². The third-order valence-corrected chi connectivity index (χ3v) is 4.26. The van der Waals surface area contributed by atoms with Crippen LogP contribution in [0.15, 0.2) is 24.4 Å². The molecule has 10 heteroatoms. The molecule has 0 aliphatic rings. The van der Waals surface area contributed by atoms with Crippen LogP contribution in [-0.2, 0) is 15.8 Å². The van der Waals surface area contributed by atoms with E-state index in [0.29, 0.717) is 0 Å². The van der Waals surface area contributed by atoms with E-state index < -0.39 is 21.5 Å². The molecule has 1 aromatic heterocycles. The lowest BCUT2D eigenvalue weighted by atomic mass is 10.1. The average molecular weight is 359 g/mol. The van der Waals surface area contributed by atoms with Crippen molar-refractivity contribution < 1.29 is 13.5 Å². The first-order chi connectivity index (χ1) is 10.3. The number of hydrogen-bond donors (Lipinski definition) is 2. The van der Waals surface area contributed by atoms with E-state index in [0.717, 1.165) is 6.20 Å². The number of hydrogen-bond acceptors (Lipinski definition) is 6. The van der Waals surface area contributed by atoms with Gasteiger partial charge in [0.05, 0.1) is 23.6 Å². The predicted octanol–water partition coefficient (Wildman–Crippen LogP) is 2.30. The Balaban J connectivity index is 2.29. The molecule has 114 valence electrons. The fraction of sp³-hybridized carbons (Fsp3) is 0.0833. The van der Waals surface area contributed by atoms with Crippen LogP contribution in [-0.4, -0.2) is 23.5 Å². The molecule has 1 heterocycles. The van der Waals surface area contributed by atoms with Gasteiger partial charge >= 0.3 is 0 Å². The Bertz CT molecular complexity index is 865. The number of benzene rings is 1. The predicted molar refractivity (Wildman–Crippen MR) is 81.1 cm³/mol. The molecule has 2 N–H and O–H groups in total. The minimum atomic E-state index is -3.93. The van der Waals surface area contributed by atoms with Crippen LogP contribution in [0.2, 0.25) is 10.3 Å². The summed E-state index contributed by atoms with van der Waals surface area (Å²) in [7, 11) is -3.93. The number of rotatable bonds is 4. The molecule has 0 radical (unpaired) electrons. The summed E-state index contributed by atoms with van der Waals surface area (Å²) >= 11 is 11.5. The molecule has 22 heavy (non-hydrogen) atoms. The second kappa shape index (κ2) is 6.36. The number of nitrogens with one attached hydrogen (secondary N) is 1. The first-order valence-corrected chi connectivity index (χ1v) is 8.12. The third-order valence-electron chi connectivity index (χ3n) is 2.51. The highest BCUT2D eigenvalue weighted by atomic mass is 35.5. The van der Waals surface area contributed by atoms with Crippen molar-refractivity contribution >= 4 is 39.0 Å². The minimum absolute atomic E-state index is 0.203. The lowest BCUT2D eigenvalue weighted by molar-refractivity contribution is 0.472. The normalized spacial score (nSPS) is 11.0. The molecule has 0 aliphatic heterocycles. The molecule has 0 aliphatic carbocycles. The lowest BCUT2D eigenvalue weighted by Crippen LogP contribution is -2.16. The fourth-order valence-corrected chi connectivity index (χ4v) is 3.13. The molecular weight excluding hydrogens is 351 g/mol. The SMILES string of the molecule is N#Cc1ccc(Cl)c(CS(=O)(=O)Nc2nc(Cl)ncc2O)c1. The summed E-state index contributed by atoms with van der Waals surface area (Å²) in [6.07, 6.45) is 0.969. The van der Waals surface area contributed by atoms with Gasteiger partial charge in [0.15, 0.2) is 11.6 Å². The Morgan fingerprint density at radius 1 is 1.36 bits per heavy atom. The maximum Gasteiger partial charge on any atom is 0.238 e. The molecule has 0 atom stereocenters. The van der Waals surface area contributed by atoms with Crippen molar-refractivity contribution in [3.05, 3.63) is 45.8 Å². The van der Waals surface area contributed by atoms with Gasteiger partial charge in [-0.3, -0.25) is 4.72 Å². The topological polar surface area (TPSA) is 116 Å². The Kier molecular flexibility index (Phi) is 4.71. The molecule has 0 bridgehead atoms. The molecule has 7 nitrogen and oxygen atoms in total. The van der Waals surface area contributed by atoms with Crippen LogP contribution < -0.4 is 4.72 Å². The molecule has 2 aromatic rings. The monoisotopic (exact) mass is 358 g/mol. The summed E-state index contributed by atoms with van der Waals surface area (Å²) in [5.41, 5.74) is 0.524. The van der Waals surface area contributed by atoms with Crippen LogP contribution >= 0.6 is 23.2 Å². The van der Waals surface area contributed by atoms with Crippen molar-refractivity contribution in [3.8, 4) is 11.8 Å². The van der Waals surface area contributed by atoms with E-state index >= 15 is 0 Å². The van der Waals surface area contributed by atoms with E-state index in [1.165, 1.54) is 18.2 Å². The van der Waals surface area contributed by atoms with Crippen LogP contribution in [0.1, 0.15) is 11.1 Å². The summed E-state index contributed by atoms with van der Waals surface area (Å²) in [5.74, 6) is -1.31. The van der Waals surface area contributed by atoms with Gasteiger partial charge in [0.25, 0.3) is 0 Å². The van der Waals surface area contributed by atoms with Gasteiger partial charge < -0.3 is 5.11 Å². The molecule has 1 aromatic carbocycles. The standard InChI is InChI=1S/C12H8Cl2N4O3S/c13-9-2-1-7(4-15)3-8(9)6-22(20,21)18-11-10(19)5-16-12(14)17-11/h1-3,5,19H,6H2,(H,16,17,18). The Hall–Kier alpha value is -2.08. The molecule has 0 saturated heterocycles. The van der Waals surface area contributed by atoms with E-state index in [-0.39, 0.29) is 27.3 Å². The van der Waals surface area contributed by atoms with Crippen LogP contribution in [0.25, 0.3) is 0 Å². The van der Waals surface area contributed by atoms with E-state index in [9.17, 15) is 13.5 Å². The summed E-state index contributed by atoms with van der Waals surface area (Å²) in [4.78, 5) is 7.09. The maximum atomic E-state index is 12.1. The number of sulfonamides is 1. The average Bonchev–Trinajstić information content (AvgIpc) is 2.44. The summed E-state index contributed by atoms with van der Waals surface area (Å²) in [6.45, 7) is 0. The van der Waals surface area contributed by atoms with Crippen molar-refractivity contribution in [2.24, 2.45) is 0 Å². The van der Waals surface area contributed by atoms with Gasteiger partial charge in [-0.25, -0.2) is 13.4 Å². The molecule has 0 spiro atoms. The molecule has 0 amide bonds. The van der Waals surface area contributed by atoms with Gasteiger partial charge in [-0.2, -0.15) is 10.2 Å². The first-order valence-electron chi connectivity index (χ1n) is 5.71. The highest BCUT2D eigenvalue weighted by Crippen LogP contribution is 2.24. The molecular formula is C12H8Cl2N4O3S. The van der Waals surface area contributed by atoms with Gasteiger partial charge in [-0.1, -0.05) is 11.6 Å². The highest BCUT2D eigenvalue weighted by Gasteiger charge is 2.18. The number of nitrogens with zero attached hydrogens (tertiary/aromatic N) is 3. The highest BCUT2D eigenvalue weighted by molar-refractivity contribution is 7.91. The van der Waals surface area contributed by atoms with E-state index in [1.54, 1.807) is 0 Å². The second-order valence-electron chi connectivity index (χ2n) is 4.15. The van der Waals surface area contributed by atoms with Crippen molar-refractivity contribution in [1.29, 1.82) is 5.26 Å². The first kappa shape index (κ1) is 16.3. The van der Waals surface area contributed by atoms with Gasteiger partial charge in [-0.05, 0) is 35.4 Å². The van der Waals surface area contributed by atoms with Crippen molar-refractivity contribution in [2.75, 3.05) is 4.72 Å². The number of anilines is 1. The van der Waals surface area contributed by atoms with Gasteiger partial charge in [0.1, 0.15) is 0 Å². The largest absolute Gasteiger partial charge is 0.503 e. The number of halogens is 2. The van der Waals surface area contributed by atoms with Crippen molar-refractivity contribution in [3.63, 3.8) is 0 Å². The zero-order chi connectivity index (χ0) is 16.3. The Labute approximate surface area is 136 Å².